The first-order valence-corrected chi connectivity index (χ1v) is 10.6. The number of pyridine rings is 2. The molecule has 8 nitrogen and oxygen atoms in total. The van der Waals surface area contributed by atoms with Crippen LogP contribution in [0, 0.1) is 11.3 Å². The number of aryl methyl sites for hydroxylation is 1. The highest BCUT2D eigenvalue weighted by molar-refractivity contribution is 5.87. The van der Waals surface area contributed by atoms with Crippen LogP contribution >= 0.6 is 0 Å². The number of allylic oxidation sites excluding steroid dienone is 1. The van der Waals surface area contributed by atoms with E-state index in [1.54, 1.807) is 15.4 Å². The molecule has 0 saturated carbocycles. The second-order valence-electron chi connectivity index (χ2n) is 7.92. The lowest BCUT2D eigenvalue weighted by molar-refractivity contribution is 0.348. The predicted molar refractivity (Wildman–Crippen MR) is 124 cm³/mol. The van der Waals surface area contributed by atoms with Gasteiger partial charge in [-0.25, -0.2) is 9.50 Å². The van der Waals surface area contributed by atoms with Gasteiger partial charge in [0.25, 0.3) is 0 Å². The van der Waals surface area contributed by atoms with Gasteiger partial charge in [0.05, 0.1) is 23.5 Å². The maximum Gasteiger partial charge on any atom is 0.128 e. The quantitative estimate of drug-likeness (QED) is 0.500. The Morgan fingerprint density at radius 1 is 0.969 bits per heavy atom. The van der Waals surface area contributed by atoms with Crippen LogP contribution in [0.2, 0.25) is 0 Å². The smallest absolute Gasteiger partial charge is 0.128 e. The first-order chi connectivity index (χ1) is 15.7. The summed E-state index contributed by atoms with van der Waals surface area (Å²) in [6.07, 6.45) is 13.5. The molecule has 1 fully saturated rings. The van der Waals surface area contributed by atoms with Gasteiger partial charge in [0.15, 0.2) is 0 Å². The Bertz CT molecular complexity index is 1310. The highest BCUT2D eigenvalue weighted by atomic mass is 15.3. The predicted octanol–water partition coefficient (Wildman–Crippen LogP) is 3.32. The van der Waals surface area contributed by atoms with Crippen LogP contribution in [-0.2, 0) is 7.05 Å². The number of piperazine rings is 1. The van der Waals surface area contributed by atoms with Gasteiger partial charge in [-0.3, -0.25) is 4.68 Å². The van der Waals surface area contributed by atoms with Crippen LogP contribution in [0.15, 0.2) is 61.5 Å². The maximum absolute atomic E-state index is 9.61. The molecule has 160 valence electrons. The second kappa shape index (κ2) is 8.19. The molecule has 5 heterocycles. The third-order valence-electron chi connectivity index (χ3n) is 5.83. The van der Waals surface area contributed by atoms with Crippen molar-refractivity contribution >= 4 is 11.3 Å². The Balaban J connectivity index is 1.51. The lowest BCUT2D eigenvalue weighted by Crippen LogP contribution is -2.44. The summed E-state index contributed by atoms with van der Waals surface area (Å²) in [5, 5.41) is 18.3. The molecule has 0 bridgehead atoms. The van der Waals surface area contributed by atoms with Crippen LogP contribution in [0.5, 0.6) is 0 Å². The SMILES string of the molecule is CC=CN1CCN(c2ccc(-c3cc(-c4cnn(C)c4)cn4ncc(C#N)c34)cn2)CC1. The van der Waals surface area contributed by atoms with Crippen molar-refractivity contribution in [2.45, 2.75) is 6.92 Å². The zero-order chi connectivity index (χ0) is 22.1. The van der Waals surface area contributed by atoms with Crippen molar-refractivity contribution in [1.82, 2.24) is 29.3 Å². The highest BCUT2D eigenvalue weighted by Crippen LogP contribution is 2.32. The number of nitriles is 1. The molecule has 1 aliphatic heterocycles. The van der Waals surface area contributed by atoms with Crippen LogP contribution in [-0.4, -0.2) is 55.5 Å². The molecule has 0 atom stereocenters. The Morgan fingerprint density at radius 2 is 1.81 bits per heavy atom. The van der Waals surface area contributed by atoms with Gasteiger partial charge in [0, 0.05) is 74.1 Å². The average molecular weight is 425 g/mol. The van der Waals surface area contributed by atoms with Crippen LogP contribution < -0.4 is 4.90 Å². The van der Waals surface area contributed by atoms with Gasteiger partial charge in [-0.1, -0.05) is 6.08 Å². The minimum Gasteiger partial charge on any atom is -0.374 e. The van der Waals surface area contributed by atoms with E-state index in [1.165, 1.54) is 0 Å². The molecule has 1 saturated heterocycles. The Hall–Kier alpha value is -4.12. The number of anilines is 1. The lowest BCUT2D eigenvalue weighted by atomic mass is 10.0. The fourth-order valence-electron chi connectivity index (χ4n) is 4.19. The molecule has 0 aromatic carbocycles. The normalized spacial score (nSPS) is 14.4. The molecule has 0 aliphatic carbocycles. The number of fused-ring (bicyclic) bond motifs is 1. The molecule has 0 N–H and O–H groups in total. The monoisotopic (exact) mass is 424 g/mol. The topological polar surface area (TPSA) is 78.3 Å². The van der Waals surface area contributed by atoms with E-state index in [9.17, 15) is 5.26 Å². The van der Waals surface area contributed by atoms with Gasteiger partial charge >= 0.3 is 0 Å². The van der Waals surface area contributed by atoms with E-state index in [1.807, 2.05) is 38.8 Å². The summed E-state index contributed by atoms with van der Waals surface area (Å²) in [5.74, 6) is 0.974. The van der Waals surface area contributed by atoms with E-state index < -0.39 is 0 Å². The van der Waals surface area contributed by atoms with Gasteiger partial charge in [-0.2, -0.15) is 15.5 Å². The summed E-state index contributed by atoms with van der Waals surface area (Å²) in [4.78, 5) is 9.40. The Labute approximate surface area is 186 Å². The summed E-state index contributed by atoms with van der Waals surface area (Å²) in [6, 6.07) is 8.49. The van der Waals surface area contributed by atoms with E-state index in [4.69, 9.17) is 4.98 Å². The van der Waals surface area contributed by atoms with E-state index in [-0.39, 0.29) is 0 Å². The molecule has 5 rings (SSSR count). The van der Waals surface area contributed by atoms with Gasteiger partial charge in [-0.15, -0.1) is 0 Å². The number of hydrogen-bond acceptors (Lipinski definition) is 6. The maximum atomic E-state index is 9.61. The number of aromatic nitrogens is 5. The van der Waals surface area contributed by atoms with Crippen LogP contribution in [0.4, 0.5) is 5.82 Å². The summed E-state index contributed by atoms with van der Waals surface area (Å²) >= 11 is 0. The molecule has 4 aromatic heterocycles. The van der Waals surface area contributed by atoms with Crippen molar-refractivity contribution in [3.63, 3.8) is 0 Å². The third-order valence-corrected chi connectivity index (χ3v) is 5.83. The van der Waals surface area contributed by atoms with Gasteiger partial charge < -0.3 is 9.80 Å². The van der Waals surface area contributed by atoms with Crippen molar-refractivity contribution in [2.75, 3.05) is 31.1 Å². The summed E-state index contributed by atoms with van der Waals surface area (Å²) in [7, 11) is 1.89. The molecule has 4 aromatic rings. The Morgan fingerprint density at radius 3 is 2.47 bits per heavy atom. The minimum absolute atomic E-state index is 0.543. The molecule has 1 aliphatic rings. The van der Waals surface area contributed by atoms with E-state index in [0.717, 1.165) is 59.8 Å². The van der Waals surface area contributed by atoms with Crippen molar-refractivity contribution in [1.29, 1.82) is 5.26 Å². The van der Waals surface area contributed by atoms with E-state index >= 15 is 0 Å². The molecule has 8 heteroatoms. The van der Waals surface area contributed by atoms with Gasteiger partial charge in [-0.05, 0) is 31.3 Å². The third kappa shape index (κ3) is 3.58. The fourth-order valence-corrected chi connectivity index (χ4v) is 4.19. The number of nitrogens with zero attached hydrogens (tertiary/aromatic N) is 8. The molecule has 0 radical (unpaired) electrons. The first kappa shape index (κ1) is 19.8. The van der Waals surface area contributed by atoms with Crippen molar-refractivity contribution in [3.8, 4) is 28.3 Å². The van der Waals surface area contributed by atoms with Crippen LogP contribution in [0.3, 0.4) is 0 Å². The fraction of sp³-hybridized carbons (Fsp3) is 0.250. The van der Waals surface area contributed by atoms with Crippen LogP contribution in [0.1, 0.15) is 12.5 Å². The van der Waals surface area contributed by atoms with E-state index in [2.05, 4.69) is 56.5 Å². The second-order valence-corrected chi connectivity index (χ2v) is 7.92. The largest absolute Gasteiger partial charge is 0.374 e. The summed E-state index contributed by atoms with van der Waals surface area (Å²) in [5.41, 5.74) is 5.19. The Kier molecular flexibility index (Phi) is 5.07. The average Bonchev–Trinajstić information content (AvgIpc) is 3.45. The molecule has 0 unspecified atom stereocenters. The van der Waals surface area contributed by atoms with Crippen molar-refractivity contribution in [3.05, 3.63) is 67.0 Å². The highest BCUT2D eigenvalue weighted by Gasteiger charge is 2.18. The first-order valence-electron chi connectivity index (χ1n) is 10.6. The van der Waals surface area contributed by atoms with E-state index in [0.29, 0.717) is 5.56 Å². The van der Waals surface area contributed by atoms with Crippen molar-refractivity contribution < 1.29 is 0 Å². The molecular formula is C24H24N8. The molecule has 0 amide bonds. The zero-order valence-corrected chi connectivity index (χ0v) is 18.2. The van der Waals surface area contributed by atoms with Crippen molar-refractivity contribution in [2.24, 2.45) is 7.05 Å². The number of rotatable bonds is 4. The molecule has 32 heavy (non-hydrogen) atoms. The lowest BCUT2D eigenvalue weighted by Gasteiger charge is -2.34. The molecule has 0 spiro atoms. The zero-order valence-electron chi connectivity index (χ0n) is 18.2. The standard InChI is InChI=1S/C24H24N8/c1-3-6-30-7-9-31(10-8-30)23-5-4-18(13-26-23)22-11-19(21-15-27-29(2)16-21)17-32-24(22)20(12-25)14-28-32/h3-6,11,13-17H,7-10H2,1-2H3. The molecular weight excluding hydrogens is 400 g/mol. The minimum atomic E-state index is 0.543. The van der Waals surface area contributed by atoms with Gasteiger partial charge in [0.1, 0.15) is 11.9 Å². The number of hydrogen-bond donors (Lipinski definition) is 0. The van der Waals surface area contributed by atoms with Crippen LogP contribution in [0.25, 0.3) is 27.8 Å². The summed E-state index contributed by atoms with van der Waals surface area (Å²) in [6.45, 7) is 5.91. The van der Waals surface area contributed by atoms with Gasteiger partial charge in [0.2, 0.25) is 0 Å². The summed E-state index contributed by atoms with van der Waals surface area (Å²) < 4.78 is 3.54.